The summed E-state index contributed by atoms with van der Waals surface area (Å²) in [6.07, 6.45) is 2.17. The van der Waals surface area contributed by atoms with Crippen LogP contribution >= 0.6 is 0 Å². The van der Waals surface area contributed by atoms with Crippen LogP contribution in [-0.2, 0) is 6.54 Å². The zero-order chi connectivity index (χ0) is 18.8. The van der Waals surface area contributed by atoms with Crippen LogP contribution in [0, 0.1) is 5.82 Å². The van der Waals surface area contributed by atoms with E-state index in [4.69, 9.17) is 4.52 Å². The number of carbonyl (C=O) groups is 1. The van der Waals surface area contributed by atoms with Crippen LogP contribution in [0.4, 0.5) is 4.39 Å². The molecule has 2 aliphatic rings. The Bertz CT molecular complexity index is 784. The molecule has 6 nitrogen and oxygen atoms in total. The van der Waals surface area contributed by atoms with Crippen molar-refractivity contribution in [3.63, 3.8) is 0 Å². The van der Waals surface area contributed by atoms with Gasteiger partial charge >= 0.3 is 0 Å². The summed E-state index contributed by atoms with van der Waals surface area (Å²) < 4.78 is 18.4. The summed E-state index contributed by atoms with van der Waals surface area (Å²) in [6.45, 7) is 3.50. The molecule has 1 atom stereocenters. The first-order valence-electron chi connectivity index (χ1n) is 9.49. The van der Waals surface area contributed by atoms with Crippen LogP contribution in [0.15, 0.2) is 34.9 Å². The van der Waals surface area contributed by atoms with Crippen molar-refractivity contribution in [1.82, 2.24) is 15.0 Å². The van der Waals surface area contributed by atoms with Crippen molar-refractivity contribution >= 4 is 5.91 Å². The molecular formula is C20H24FN3O3. The van der Waals surface area contributed by atoms with Crippen molar-refractivity contribution in [3.05, 3.63) is 53.2 Å². The number of halogens is 1. The fourth-order valence-electron chi connectivity index (χ4n) is 3.90. The molecule has 27 heavy (non-hydrogen) atoms. The Kier molecular flexibility index (Phi) is 5.22. The molecule has 2 fully saturated rings. The van der Waals surface area contributed by atoms with E-state index >= 15 is 0 Å². The van der Waals surface area contributed by atoms with Gasteiger partial charge in [0.25, 0.3) is 5.91 Å². The molecule has 0 saturated carbocycles. The summed E-state index contributed by atoms with van der Waals surface area (Å²) in [5, 5.41) is 13.5. The standard InChI is InChI=1S/C20H24FN3O3/c21-16-3-1-14(2-4-16)15-5-10-24(12-15)20(26)19-11-18(27-22-19)13-23-8-6-17(25)7-9-23/h1-4,11,15,17,25H,5-10,12-13H2/t15-/m1/s1. The Morgan fingerprint density at radius 1 is 1.19 bits per heavy atom. The lowest BCUT2D eigenvalue weighted by Gasteiger charge is -2.28. The highest BCUT2D eigenvalue weighted by molar-refractivity contribution is 5.92. The third-order valence-corrected chi connectivity index (χ3v) is 5.53. The largest absolute Gasteiger partial charge is 0.393 e. The number of rotatable bonds is 4. The van der Waals surface area contributed by atoms with Crippen LogP contribution in [-0.4, -0.2) is 58.3 Å². The van der Waals surface area contributed by atoms with Crippen molar-refractivity contribution in [3.8, 4) is 0 Å². The molecule has 1 amide bonds. The number of carbonyl (C=O) groups excluding carboxylic acids is 1. The minimum absolute atomic E-state index is 0.122. The molecule has 2 saturated heterocycles. The van der Waals surface area contributed by atoms with Gasteiger partial charge in [-0.05, 0) is 37.0 Å². The SMILES string of the molecule is O=C(c1cc(CN2CCC(O)CC2)on1)N1CC[C@@H](c2ccc(F)cc2)C1. The van der Waals surface area contributed by atoms with Crippen LogP contribution < -0.4 is 0 Å². The van der Waals surface area contributed by atoms with Crippen molar-refractivity contribution in [2.45, 2.75) is 37.8 Å². The van der Waals surface area contributed by atoms with Gasteiger partial charge in [0.1, 0.15) is 5.82 Å². The van der Waals surface area contributed by atoms with Gasteiger partial charge in [0.2, 0.25) is 0 Å². The molecule has 0 bridgehead atoms. The van der Waals surface area contributed by atoms with E-state index < -0.39 is 0 Å². The maximum absolute atomic E-state index is 13.1. The Morgan fingerprint density at radius 2 is 1.93 bits per heavy atom. The highest BCUT2D eigenvalue weighted by Gasteiger charge is 2.30. The molecule has 0 spiro atoms. The first-order valence-corrected chi connectivity index (χ1v) is 9.49. The molecule has 1 N–H and O–H groups in total. The minimum Gasteiger partial charge on any atom is -0.393 e. The molecule has 2 aliphatic heterocycles. The van der Waals surface area contributed by atoms with E-state index in [1.54, 1.807) is 23.1 Å². The second kappa shape index (κ2) is 7.78. The highest BCUT2D eigenvalue weighted by atomic mass is 19.1. The maximum atomic E-state index is 13.1. The molecular weight excluding hydrogens is 349 g/mol. The molecule has 2 aromatic rings. The normalized spacial score (nSPS) is 21.7. The summed E-state index contributed by atoms with van der Waals surface area (Å²) in [7, 11) is 0. The average Bonchev–Trinajstić information content (AvgIpc) is 3.34. The molecule has 4 rings (SSSR count). The molecule has 0 aliphatic carbocycles. The second-order valence-electron chi connectivity index (χ2n) is 7.47. The number of aromatic nitrogens is 1. The van der Waals surface area contributed by atoms with Gasteiger partial charge in [0, 0.05) is 38.2 Å². The highest BCUT2D eigenvalue weighted by Crippen LogP contribution is 2.28. The van der Waals surface area contributed by atoms with E-state index in [-0.39, 0.29) is 23.7 Å². The van der Waals surface area contributed by atoms with Gasteiger partial charge in [-0.3, -0.25) is 9.69 Å². The van der Waals surface area contributed by atoms with Gasteiger partial charge in [-0.1, -0.05) is 17.3 Å². The van der Waals surface area contributed by atoms with Gasteiger partial charge in [-0.25, -0.2) is 4.39 Å². The fraction of sp³-hybridized carbons (Fsp3) is 0.500. The average molecular weight is 373 g/mol. The Labute approximate surface area is 157 Å². The topological polar surface area (TPSA) is 69.8 Å². The van der Waals surface area contributed by atoms with E-state index in [1.165, 1.54) is 12.1 Å². The van der Waals surface area contributed by atoms with Crippen LogP contribution in [0.2, 0.25) is 0 Å². The molecule has 0 radical (unpaired) electrons. The van der Waals surface area contributed by atoms with Crippen molar-refractivity contribution < 1.29 is 18.8 Å². The second-order valence-corrected chi connectivity index (χ2v) is 7.47. The predicted octanol–water partition coefficient (Wildman–Crippen LogP) is 2.40. The quantitative estimate of drug-likeness (QED) is 0.891. The van der Waals surface area contributed by atoms with Gasteiger partial charge in [0.15, 0.2) is 11.5 Å². The fourth-order valence-corrected chi connectivity index (χ4v) is 3.90. The predicted molar refractivity (Wildman–Crippen MR) is 96.7 cm³/mol. The van der Waals surface area contributed by atoms with E-state index in [0.717, 1.165) is 37.9 Å². The van der Waals surface area contributed by atoms with Gasteiger partial charge in [0.05, 0.1) is 12.6 Å². The smallest absolute Gasteiger partial charge is 0.276 e. The third-order valence-electron chi connectivity index (χ3n) is 5.53. The molecule has 144 valence electrons. The van der Waals surface area contributed by atoms with Crippen LogP contribution in [0.1, 0.15) is 47.0 Å². The lowest BCUT2D eigenvalue weighted by atomic mass is 9.99. The lowest BCUT2D eigenvalue weighted by molar-refractivity contribution is 0.0744. The van der Waals surface area contributed by atoms with E-state index in [2.05, 4.69) is 10.1 Å². The third kappa shape index (κ3) is 4.20. The number of aliphatic hydroxyl groups excluding tert-OH is 1. The van der Waals surface area contributed by atoms with E-state index in [0.29, 0.717) is 31.1 Å². The molecule has 3 heterocycles. The number of piperidine rings is 1. The summed E-state index contributed by atoms with van der Waals surface area (Å²) >= 11 is 0. The van der Waals surface area contributed by atoms with E-state index in [9.17, 15) is 14.3 Å². The van der Waals surface area contributed by atoms with E-state index in [1.807, 2.05) is 0 Å². The number of hydrogen-bond donors (Lipinski definition) is 1. The van der Waals surface area contributed by atoms with Crippen molar-refractivity contribution in [1.29, 1.82) is 0 Å². The minimum atomic E-state index is -0.247. The Balaban J connectivity index is 1.35. The summed E-state index contributed by atoms with van der Waals surface area (Å²) in [4.78, 5) is 16.7. The number of benzene rings is 1. The van der Waals surface area contributed by atoms with Gasteiger partial charge in [-0.15, -0.1) is 0 Å². The molecule has 1 aromatic heterocycles. The summed E-state index contributed by atoms with van der Waals surface area (Å²) in [5.41, 5.74) is 1.39. The number of nitrogens with zero attached hydrogens (tertiary/aromatic N) is 3. The lowest BCUT2D eigenvalue weighted by Crippen LogP contribution is -2.35. The van der Waals surface area contributed by atoms with Crippen molar-refractivity contribution in [2.75, 3.05) is 26.2 Å². The Morgan fingerprint density at radius 3 is 2.67 bits per heavy atom. The first kappa shape index (κ1) is 18.1. The van der Waals surface area contributed by atoms with Gasteiger partial charge in [-0.2, -0.15) is 0 Å². The Hall–Kier alpha value is -2.25. The number of amides is 1. The first-order chi connectivity index (χ1) is 13.1. The van der Waals surface area contributed by atoms with Crippen LogP contribution in [0.5, 0.6) is 0 Å². The molecule has 1 aromatic carbocycles. The monoisotopic (exact) mass is 373 g/mol. The van der Waals surface area contributed by atoms with Crippen molar-refractivity contribution in [2.24, 2.45) is 0 Å². The maximum Gasteiger partial charge on any atom is 0.276 e. The molecule has 0 unspecified atom stereocenters. The number of hydrogen-bond acceptors (Lipinski definition) is 5. The zero-order valence-corrected chi connectivity index (χ0v) is 15.2. The number of aliphatic hydroxyl groups is 1. The zero-order valence-electron chi connectivity index (χ0n) is 15.2. The van der Waals surface area contributed by atoms with Crippen LogP contribution in [0.25, 0.3) is 0 Å². The van der Waals surface area contributed by atoms with Crippen LogP contribution in [0.3, 0.4) is 0 Å². The molecule has 7 heteroatoms. The summed E-state index contributed by atoms with van der Waals surface area (Å²) in [5.74, 6) is 0.524. The summed E-state index contributed by atoms with van der Waals surface area (Å²) in [6, 6.07) is 8.22. The number of likely N-dealkylation sites (tertiary alicyclic amines) is 2. The van der Waals surface area contributed by atoms with Gasteiger partial charge < -0.3 is 14.5 Å².